The van der Waals surface area contributed by atoms with Crippen molar-refractivity contribution >= 4 is 5.97 Å². The number of hydrogen-bond donors (Lipinski definition) is 1. The van der Waals surface area contributed by atoms with E-state index in [1.165, 1.54) is 12.8 Å². The summed E-state index contributed by atoms with van der Waals surface area (Å²) < 4.78 is 5.39. The minimum atomic E-state index is -0.0496. The Kier molecular flexibility index (Phi) is 10.9. The van der Waals surface area contributed by atoms with Gasteiger partial charge in [-0.15, -0.1) is 0 Å². The van der Waals surface area contributed by atoms with Crippen LogP contribution in [-0.4, -0.2) is 18.6 Å². The van der Waals surface area contributed by atoms with E-state index in [1.807, 2.05) is 13.8 Å². The average molecular weight is 271 g/mol. The molecule has 0 saturated carbocycles. The maximum Gasteiger partial charge on any atom is 0.308 e. The van der Waals surface area contributed by atoms with Crippen LogP contribution in [0.2, 0.25) is 0 Å². The van der Waals surface area contributed by atoms with Gasteiger partial charge in [0.25, 0.3) is 0 Å². The van der Waals surface area contributed by atoms with Crippen LogP contribution in [-0.2, 0) is 9.53 Å². The molecule has 0 spiro atoms. The van der Waals surface area contributed by atoms with Gasteiger partial charge in [0.15, 0.2) is 0 Å². The summed E-state index contributed by atoms with van der Waals surface area (Å²) in [6.07, 6.45) is 7.65. The molecule has 0 heterocycles. The van der Waals surface area contributed by atoms with Gasteiger partial charge in [-0.25, -0.2) is 0 Å². The monoisotopic (exact) mass is 271 g/mol. The van der Waals surface area contributed by atoms with Crippen LogP contribution in [0.25, 0.3) is 0 Å². The van der Waals surface area contributed by atoms with Crippen LogP contribution < -0.4 is 5.73 Å². The molecule has 0 aromatic carbocycles. The van der Waals surface area contributed by atoms with Crippen molar-refractivity contribution in [1.82, 2.24) is 0 Å². The summed E-state index contributed by atoms with van der Waals surface area (Å²) in [5, 5.41) is 0. The second-order valence-electron chi connectivity index (χ2n) is 5.87. The van der Waals surface area contributed by atoms with Crippen LogP contribution in [0.15, 0.2) is 0 Å². The van der Waals surface area contributed by atoms with Crippen LogP contribution in [0.5, 0.6) is 0 Å². The van der Waals surface area contributed by atoms with Gasteiger partial charge in [0.1, 0.15) is 6.61 Å². The highest BCUT2D eigenvalue weighted by molar-refractivity contribution is 5.72. The molecule has 19 heavy (non-hydrogen) atoms. The zero-order chi connectivity index (χ0) is 14.7. The second kappa shape index (κ2) is 11.3. The summed E-state index contributed by atoms with van der Waals surface area (Å²) in [5.74, 6) is 0.383. The first-order valence-electron chi connectivity index (χ1n) is 7.95. The number of carbonyl (C=O) groups excluding carboxylic acids is 1. The molecule has 0 aromatic rings. The average Bonchev–Trinajstić information content (AvgIpc) is 2.39. The van der Waals surface area contributed by atoms with Crippen LogP contribution in [0.1, 0.15) is 72.6 Å². The summed E-state index contributed by atoms with van der Waals surface area (Å²) in [4.78, 5) is 12.1. The van der Waals surface area contributed by atoms with E-state index >= 15 is 0 Å². The van der Waals surface area contributed by atoms with E-state index in [2.05, 4.69) is 13.8 Å². The quantitative estimate of drug-likeness (QED) is 0.458. The van der Waals surface area contributed by atoms with E-state index in [4.69, 9.17) is 10.5 Å². The van der Waals surface area contributed by atoms with E-state index in [1.54, 1.807) is 0 Å². The van der Waals surface area contributed by atoms with Crippen molar-refractivity contribution in [3.8, 4) is 0 Å². The van der Waals surface area contributed by atoms with E-state index in [9.17, 15) is 4.79 Å². The predicted octanol–water partition coefficient (Wildman–Crippen LogP) is 3.90. The molecular formula is C16H33NO2. The van der Waals surface area contributed by atoms with Crippen molar-refractivity contribution in [3.63, 3.8) is 0 Å². The molecule has 0 rings (SSSR count). The van der Waals surface area contributed by atoms with Crippen LogP contribution in [0.4, 0.5) is 0 Å². The molecule has 2 N–H and O–H groups in total. The Morgan fingerprint density at radius 3 is 2.16 bits per heavy atom. The van der Waals surface area contributed by atoms with Crippen LogP contribution in [0.3, 0.4) is 0 Å². The van der Waals surface area contributed by atoms with Crippen molar-refractivity contribution in [3.05, 3.63) is 0 Å². The summed E-state index contributed by atoms with van der Waals surface area (Å²) >= 11 is 0. The number of hydrogen-bond acceptors (Lipinski definition) is 3. The maximum absolute atomic E-state index is 12.1. The van der Waals surface area contributed by atoms with Gasteiger partial charge >= 0.3 is 5.97 Å². The van der Waals surface area contributed by atoms with Gasteiger partial charge < -0.3 is 10.5 Å². The van der Waals surface area contributed by atoms with E-state index < -0.39 is 0 Å². The third-order valence-electron chi connectivity index (χ3n) is 3.67. The van der Waals surface area contributed by atoms with Crippen molar-refractivity contribution in [2.75, 3.05) is 6.61 Å². The molecule has 0 aliphatic carbocycles. The summed E-state index contributed by atoms with van der Waals surface area (Å²) in [6, 6.07) is -0.0496. The molecule has 0 amide bonds. The molecule has 3 heteroatoms. The van der Waals surface area contributed by atoms with E-state index in [0.29, 0.717) is 12.5 Å². The summed E-state index contributed by atoms with van der Waals surface area (Å²) in [7, 11) is 0. The van der Waals surface area contributed by atoms with Crippen molar-refractivity contribution in [2.45, 2.75) is 78.7 Å². The van der Waals surface area contributed by atoms with Gasteiger partial charge in [-0.3, -0.25) is 4.79 Å². The molecule has 2 unspecified atom stereocenters. The SMILES string of the molecule is CCCCCC(CCCC)C(=O)OCC(N)C(C)C. The summed E-state index contributed by atoms with van der Waals surface area (Å²) in [6.45, 7) is 8.79. The molecule has 114 valence electrons. The Hall–Kier alpha value is -0.570. The molecule has 0 fully saturated rings. The molecule has 2 atom stereocenters. The normalized spacial score (nSPS) is 14.4. The number of esters is 1. The molecule has 0 aliphatic rings. The van der Waals surface area contributed by atoms with Crippen molar-refractivity contribution < 1.29 is 9.53 Å². The van der Waals surface area contributed by atoms with E-state index in [-0.39, 0.29) is 17.9 Å². The standard InChI is InChI=1S/C16H33NO2/c1-5-7-9-11-14(10-8-6-2)16(18)19-12-15(17)13(3)4/h13-15H,5-12,17H2,1-4H3. The Morgan fingerprint density at radius 2 is 1.63 bits per heavy atom. The molecular weight excluding hydrogens is 238 g/mol. The Bertz CT molecular complexity index is 229. The van der Waals surface area contributed by atoms with Gasteiger partial charge in [-0.05, 0) is 18.8 Å². The third-order valence-corrected chi connectivity index (χ3v) is 3.67. The topological polar surface area (TPSA) is 52.3 Å². The Labute approximate surface area is 119 Å². The number of nitrogens with two attached hydrogens (primary N) is 1. The maximum atomic E-state index is 12.1. The van der Waals surface area contributed by atoms with E-state index in [0.717, 1.165) is 32.1 Å². The highest BCUT2D eigenvalue weighted by Crippen LogP contribution is 2.18. The molecule has 0 saturated heterocycles. The lowest BCUT2D eigenvalue weighted by Gasteiger charge is -2.19. The fourth-order valence-electron chi connectivity index (χ4n) is 1.96. The largest absolute Gasteiger partial charge is 0.464 e. The third kappa shape index (κ3) is 9.04. The minimum Gasteiger partial charge on any atom is -0.464 e. The number of carbonyl (C=O) groups is 1. The molecule has 0 bridgehead atoms. The van der Waals surface area contributed by atoms with Gasteiger partial charge in [-0.2, -0.15) is 0 Å². The zero-order valence-corrected chi connectivity index (χ0v) is 13.3. The van der Waals surface area contributed by atoms with Crippen molar-refractivity contribution in [1.29, 1.82) is 0 Å². The molecule has 3 nitrogen and oxygen atoms in total. The van der Waals surface area contributed by atoms with Gasteiger partial charge in [0.2, 0.25) is 0 Å². The number of unbranched alkanes of at least 4 members (excludes halogenated alkanes) is 3. The first kappa shape index (κ1) is 18.4. The Balaban J connectivity index is 4.12. The van der Waals surface area contributed by atoms with Gasteiger partial charge in [0, 0.05) is 6.04 Å². The van der Waals surface area contributed by atoms with Crippen molar-refractivity contribution in [2.24, 2.45) is 17.6 Å². The molecule has 0 aliphatic heterocycles. The van der Waals surface area contributed by atoms with Gasteiger partial charge in [-0.1, -0.05) is 59.8 Å². The second-order valence-corrected chi connectivity index (χ2v) is 5.87. The lowest BCUT2D eigenvalue weighted by molar-refractivity contribution is -0.150. The highest BCUT2D eigenvalue weighted by Gasteiger charge is 2.20. The number of rotatable bonds is 11. The fraction of sp³-hybridized carbons (Fsp3) is 0.938. The Morgan fingerprint density at radius 1 is 1.05 bits per heavy atom. The zero-order valence-electron chi connectivity index (χ0n) is 13.3. The summed E-state index contributed by atoms with van der Waals surface area (Å²) in [5.41, 5.74) is 5.91. The first-order valence-corrected chi connectivity index (χ1v) is 7.95. The predicted molar refractivity (Wildman–Crippen MR) is 80.9 cm³/mol. The van der Waals surface area contributed by atoms with Gasteiger partial charge in [0.05, 0.1) is 5.92 Å². The van der Waals surface area contributed by atoms with Crippen LogP contribution >= 0.6 is 0 Å². The lowest BCUT2D eigenvalue weighted by Crippen LogP contribution is -2.34. The highest BCUT2D eigenvalue weighted by atomic mass is 16.5. The lowest BCUT2D eigenvalue weighted by atomic mass is 9.95. The minimum absolute atomic E-state index is 0.0411. The van der Waals surface area contributed by atoms with Crippen LogP contribution in [0, 0.1) is 11.8 Å². The molecule has 0 radical (unpaired) electrons. The number of ether oxygens (including phenoxy) is 1. The smallest absolute Gasteiger partial charge is 0.308 e. The molecule has 0 aromatic heterocycles. The first-order chi connectivity index (χ1) is 9.02. The fourth-order valence-corrected chi connectivity index (χ4v) is 1.96.